The van der Waals surface area contributed by atoms with Crippen LogP contribution in [0.1, 0.15) is 30.4 Å². The molecule has 2 aliphatic carbocycles. The molecule has 112 valence electrons. The highest BCUT2D eigenvalue weighted by molar-refractivity contribution is 6.80. The fraction of sp³-hybridized carbons (Fsp3) is 0.474. The third kappa shape index (κ3) is 3.07. The van der Waals surface area contributed by atoms with Crippen molar-refractivity contribution in [2.24, 2.45) is 5.92 Å². The second kappa shape index (κ2) is 5.58. The van der Waals surface area contributed by atoms with Crippen molar-refractivity contribution >= 4 is 13.6 Å². The first-order chi connectivity index (χ1) is 9.96. The van der Waals surface area contributed by atoms with Gasteiger partial charge in [-0.1, -0.05) is 61.3 Å². The Labute approximate surface area is 129 Å². The molecule has 2 unspecified atom stereocenters. The van der Waals surface area contributed by atoms with Gasteiger partial charge in [-0.2, -0.15) is 0 Å². The van der Waals surface area contributed by atoms with Gasteiger partial charge >= 0.3 is 0 Å². The Balaban J connectivity index is 1.99. The summed E-state index contributed by atoms with van der Waals surface area (Å²) in [6.07, 6.45) is 6.59. The first-order valence-corrected chi connectivity index (χ1v) is 11.7. The maximum absolute atomic E-state index is 10.5. The predicted molar refractivity (Wildman–Crippen MR) is 92.9 cm³/mol. The van der Waals surface area contributed by atoms with Gasteiger partial charge in [-0.3, -0.25) is 0 Å². The van der Waals surface area contributed by atoms with Crippen LogP contribution in [-0.2, 0) is 6.42 Å². The number of benzene rings is 1. The lowest BCUT2D eigenvalue weighted by Crippen LogP contribution is -2.16. The normalized spacial score (nSPS) is 29.3. The fourth-order valence-electron chi connectivity index (χ4n) is 3.66. The second-order valence-electron chi connectivity index (χ2n) is 7.54. The van der Waals surface area contributed by atoms with Crippen molar-refractivity contribution in [1.29, 1.82) is 0 Å². The van der Waals surface area contributed by atoms with E-state index in [1.54, 1.807) is 0 Å². The van der Waals surface area contributed by atoms with E-state index in [0.717, 1.165) is 12.8 Å². The quantitative estimate of drug-likeness (QED) is 0.792. The summed E-state index contributed by atoms with van der Waals surface area (Å²) < 4.78 is 0. The van der Waals surface area contributed by atoms with E-state index in [9.17, 15) is 5.11 Å². The molecule has 0 aliphatic heterocycles. The largest absolute Gasteiger partial charge is 0.388 e. The van der Waals surface area contributed by atoms with E-state index in [2.05, 4.69) is 55.7 Å². The van der Waals surface area contributed by atoms with Crippen molar-refractivity contribution in [1.82, 2.24) is 0 Å². The first-order valence-electron chi connectivity index (χ1n) is 8.14. The molecule has 2 atom stereocenters. The molecule has 1 nitrogen and oxygen atoms in total. The molecule has 0 heterocycles. The SMILES string of the molecule is C[Si](C)(C)/C=C/C1CCC/C1=C1/c2ccccc2CC1O. The lowest BCUT2D eigenvalue weighted by Gasteiger charge is -2.17. The number of aliphatic hydroxyl groups is 1. The molecule has 1 fully saturated rings. The average molecular weight is 299 g/mol. The van der Waals surface area contributed by atoms with Gasteiger partial charge in [0.05, 0.1) is 14.2 Å². The molecule has 0 radical (unpaired) electrons. The van der Waals surface area contributed by atoms with Gasteiger partial charge in [-0.05, 0) is 41.9 Å². The topological polar surface area (TPSA) is 20.2 Å². The van der Waals surface area contributed by atoms with E-state index >= 15 is 0 Å². The molecule has 3 rings (SSSR count). The van der Waals surface area contributed by atoms with Gasteiger partial charge in [0.25, 0.3) is 0 Å². The highest BCUT2D eigenvalue weighted by atomic mass is 28.3. The third-order valence-electron chi connectivity index (χ3n) is 4.64. The molecule has 1 aromatic carbocycles. The minimum atomic E-state index is -1.15. The van der Waals surface area contributed by atoms with Gasteiger partial charge in [0.1, 0.15) is 0 Å². The molecule has 21 heavy (non-hydrogen) atoms. The molecule has 0 amide bonds. The zero-order valence-corrected chi connectivity index (χ0v) is 14.4. The summed E-state index contributed by atoms with van der Waals surface area (Å²) in [5.74, 6) is 0.549. The smallest absolute Gasteiger partial charge is 0.0836 e. The zero-order valence-electron chi connectivity index (χ0n) is 13.4. The molecule has 0 aromatic heterocycles. The fourth-order valence-corrected chi connectivity index (χ4v) is 4.47. The molecule has 1 N–H and O–H groups in total. The summed E-state index contributed by atoms with van der Waals surface area (Å²) in [5, 5.41) is 10.5. The van der Waals surface area contributed by atoms with Crippen molar-refractivity contribution in [2.45, 2.75) is 51.4 Å². The average Bonchev–Trinajstić information content (AvgIpc) is 2.97. The van der Waals surface area contributed by atoms with Crippen LogP contribution in [0.25, 0.3) is 5.57 Å². The van der Waals surface area contributed by atoms with Crippen LogP contribution in [-0.4, -0.2) is 19.3 Å². The summed E-state index contributed by atoms with van der Waals surface area (Å²) in [6.45, 7) is 7.14. The lowest BCUT2D eigenvalue weighted by molar-refractivity contribution is 0.238. The summed E-state index contributed by atoms with van der Waals surface area (Å²) in [7, 11) is -1.15. The van der Waals surface area contributed by atoms with Crippen molar-refractivity contribution < 1.29 is 5.11 Å². The number of hydrogen-bond acceptors (Lipinski definition) is 1. The number of allylic oxidation sites excluding steroid dienone is 2. The summed E-state index contributed by atoms with van der Waals surface area (Å²) >= 11 is 0. The van der Waals surface area contributed by atoms with Crippen molar-refractivity contribution in [3.63, 3.8) is 0 Å². The monoisotopic (exact) mass is 298 g/mol. The lowest BCUT2D eigenvalue weighted by atomic mass is 9.93. The zero-order chi connectivity index (χ0) is 15.0. The van der Waals surface area contributed by atoms with E-state index in [-0.39, 0.29) is 6.10 Å². The minimum absolute atomic E-state index is 0.293. The van der Waals surface area contributed by atoms with E-state index in [4.69, 9.17) is 0 Å². The molecule has 0 bridgehead atoms. The van der Waals surface area contributed by atoms with Crippen molar-refractivity contribution in [3.8, 4) is 0 Å². The van der Waals surface area contributed by atoms with Gasteiger partial charge in [0, 0.05) is 6.42 Å². The molecular weight excluding hydrogens is 272 g/mol. The van der Waals surface area contributed by atoms with Crippen LogP contribution in [0, 0.1) is 5.92 Å². The van der Waals surface area contributed by atoms with Crippen LogP contribution in [0.15, 0.2) is 41.6 Å². The van der Waals surface area contributed by atoms with Crippen LogP contribution in [0.5, 0.6) is 0 Å². The van der Waals surface area contributed by atoms with E-state index in [0.29, 0.717) is 5.92 Å². The summed E-state index contributed by atoms with van der Waals surface area (Å²) in [4.78, 5) is 0. The third-order valence-corrected chi connectivity index (χ3v) is 5.83. The molecule has 1 aromatic rings. The summed E-state index contributed by atoms with van der Waals surface area (Å²) in [6, 6.07) is 8.52. The van der Waals surface area contributed by atoms with Gasteiger partial charge in [-0.15, -0.1) is 0 Å². The van der Waals surface area contributed by atoms with Crippen molar-refractivity contribution in [2.75, 3.05) is 0 Å². The van der Waals surface area contributed by atoms with Crippen LogP contribution in [0.3, 0.4) is 0 Å². The van der Waals surface area contributed by atoms with Gasteiger partial charge in [0.15, 0.2) is 0 Å². The second-order valence-corrected chi connectivity index (χ2v) is 12.6. The Bertz CT molecular complexity index is 592. The number of hydrogen-bond donors (Lipinski definition) is 1. The number of fused-ring (bicyclic) bond motifs is 1. The molecule has 0 spiro atoms. The molecule has 0 saturated heterocycles. The van der Waals surface area contributed by atoms with Gasteiger partial charge < -0.3 is 5.11 Å². The minimum Gasteiger partial charge on any atom is -0.388 e. The molecule has 1 saturated carbocycles. The van der Waals surface area contributed by atoms with Crippen LogP contribution < -0.4 is 0 Å². The highest BCUT2D eigenvalue weighted by Crippen LogP contribution is 2.43. The standard InChI is InChI=1S/C19H26OSi/c1-21(2,3)12-11-14-8-6-10-16(14)19-17-9-5-4-7-15(17)13-18(19)20/h4-5,7,9,11-12,14,18,20H,6,8,10,13H2,1-3H3/b12-11+,19-16+. The van der Waals surface area contributed by atoms with Crippen LogP contribution in [0.4, 0.5) is 0 Å². The van der Waals surface area contributed by atoms with Gasteiger partial charge in [0.2, 0.25) is 0 Å². The Morgan fingerprint density at radius 1 is 1.19 bits per heavy atom. The van der Waals surface area contributed by atoms with Crippen LogP contribution in [0.2, 0.25) is 19.6 Å². The maximum Gasteiger partial charge on any atom is 0.0836 e. The summed E-state index contributed by atoms with van der Waals surface area (Å²) in [5.41, 5.74) is 7.83. The highest BCUT2D eigenvalue weighted by Gasteiger charge is 2.31. The first kappa shape index (κ1) is 14.8. The van der Waals surface area contributed by atoms with Gasteiger partial charge in [-0.25, -0.2) is 0 Å². The molecular formula is C19H26OSi. The van der Waals surface area contributed by atoms with E-state index in [1.165, 1.54) is 35.1 Å². The van der Waals surface area contributed by atoms with Crippen LogP contribution >= 0.6 is 0 Å². The Kier molecular flexibility index (Phi) is 3.93. The van der Waals surface area contributed by atoms with E-state index in [1.807, 2.05) is 0 Å². The Morgan fingerprint density at radius 3 is 2.71 bits per heavy atom. The Hall–Kier alpha value is -1.12. The van der Waals surface area contributed by atoms with Crippen molar-refractivity contribution in [3.05, 3.63) is 52.7 Å². The maximum atomic E-state index is 10.5. The van der Waals surface area contributed by atoms with E-state index < -0.39 is 8.07 Å². The Morgan fingerprint density at radius 2 is 1.95 bits per heavy atom. The molecule has 2 aliphatic rings. The number of rotatable bonds is 2. The number of aliphatic hydroxyl groups excluding tert-OH is 1. The predicted octanol–water partition coefficient (Wildman–Crippen LogP) is 4.59. The molecule has 2 heteroatoms.